The normalized spacial score (nSPS) is 30.8. The smallest absolute Gasteiger partial charge is 0.191 e. The summed E-state index contributed by atoms with van der Waals surface area (Å²) in [5.41, 5.74) is 6.21. The zero-order valence-corrected chi connectivity index (χ0v) is 10.9. The van der Waals surface area contributed by atoms with E-state index in [4.69, 9.17) is 5.73 Å². The third-order valence-electron chi connectivity index (χ3n) is 4.01. The first-order valence-corrected chi connectivity index (χ1v) is 6.59. The highest BCUT2D eigenvalue weighted by Gasteiger charge is 2.40. The fourth-order valence-electron chi connectivity index (χ4n) is 2.87. The molecule has 0 bridgehead atoms. The topological polar surface area (TPSA) is 41.6 Å². The van der Waals surface area contributed by atoms with E-state index in [-0.39, 0.29) is 5.54 Å². The summed E-state index contributed by atoms with van der Waals surface area (Å²) in [5, 5.41) is 0. The number of hydrogen-bond acceptors (Lipinski definition) is 3. The molecule has 0 saturated heterocycles. The van der Waals surface area contributed by atoms with Crippen molar-refractivity contribution in [3.05, 3.63) is 0 Å². The summed E-state index contributed by atoms with van der Waals surface area (Å²) in [6.45, 7) is 8.75. The molecular weight excluding hydrogens is 198 g/mol. The van der Waals surface area contributed by atoms with Crippen LogP contribution in [0.5, 0.6) is 0 Å². The van der Waals surface area contributed by atoms with Gasteiger partial charge in [0, 0.05) is 6.54 Å². The van der Waals surface area contributed by atoms with Crippen molar-refractivity contribution in [2.45, 2.75) is 52.0 Å². The molecule has 1 atom stereocenters. The van der Waals surface area contributed by atoms with E-state index < -0.39 is 0 Å². The van der Waals surface area contributed by atoms with Crippen LogP contribution in [0.3, 0.4) is 0 Å². The first-order chi connectivity index (χ1) is 7.51. The highest BCUT2D eigenvalue weighted by Crippen LogP contribution is 2.38. The molecule has 0 amide bonds. The number of rotatable bonds is 4. The van der Waals surface area contributed by atoms with Crippen LogP contribution < -0.4 is 5.73 Å². The monoisotopic (exact) mass is 223 g/mol. The van der Waals surface area contributed by atoms with Crippen LogP contribution in [0.15, 0.2) is 4.99 Å². The number of nitrogens with two attached hydrogens (primary N) is 1. The maximum absolute atomic E-state index is 6.01. The molecular formula is C13H25N3. The van der Waals surface area contributed by atoms with Crippen molar-refractivity contribution < 1.29 is 0 Å². The van der Waals surface area contributed by atoms with E-state index in [2.05, 4.69) is 30.7 Å². The number of nitrogens with zero attached hydrogens (tertiary/aromatic N) is 2. The summed E-state index contributed by atoms with van der Waals surface area (Å²) in [4.78, 5) is 6.80. The lowest BCUT2D eigenvalue weighted by Gasteiger charge is -2.41. The maximum Gasteiger partial charge on any atom is 0.191 e. The molecule has 1 aliphatic heterocycles. The van der Waals surface area contributed by atoms with Gasteiger partial charge in [-0.05, 0) is 25.2 Å². The lowest BCUT2D eigenvalue weighted by molar-refractivity contribution is 0.133. The Labute approximate surface area is 99.1 Å². The zero-order chi connectivity index (χ0) is 11.8. The predicted octanol–water partition coefficient (Wildman–Crippen LogP) is 2.22. The van der Waals surface area contributed by atoms with Crippen molar-refractivity contribution in [2.24, 2.45) is 22.6 Å². The Hall–Kier alpha value is -0.730. The van der Waals surface area contributed by atoms with Gasteiger partial charge in [-0.3, -0.25) is 4.99 Å². The third kappa shape index (κ3) is 2.18. The fraction of sp³-hybridized carbons (Fsp3) is 0.923. The van der Waals surface area contributed by atoms with E-state index in [1.54, 1.807) is 0 Å². The third-order valence-corrected chi connectivity index (χ3v) is 4.01. The SMILES string of the molecule is CC(C)CN1C(N)=NCC1(C)CC1CCC1. The quantitative estimate of drug-likeness (QED) is 0.794. The van der Waals surface area contributed by atoms with Crippen molar-refractivity contribution in [3.8, 4) is 0 Å². The average Bonchev–Trinajstić information content (AvgIpc) is 2.40. The molecule has 1 saturated carbocycles. The highest BCUT2D eigenvalue weighted by atomic mass is 15.3. The molecule has 0 radical (unpaired) electrons. The average molecular weight is 223 g/mol. The van der Waals surface area contributed by atoms with Crippen LogP contribution in [0.1, 0.15) is 46.5 Å². The Morgan fingerprint density at radius 2 is 2.19 bits per heavy atom. The Morgan fingerprint density at radius 3 is 2.69 bits per heavy atom. The molecule has 1 fully saturated rings. The molecule has 2 N–H and O–H groups in total. The Kier molecular flexibility index (Phi) is 3.13. The molecule has 0 aromatic rings. The lowest BCUT2D eigenvalue weighted by atomic mass is 9.76. The van der Waals surface area contributed by atoms with E-state index in [1.165, 1.54) is 25.7 Å². The summed E-state index contributed by atoms with van der Waals surface area (Å²) >= 11 is 0. The van der Waals surface area contributed by atoms with Gasteiger partial charge < -0.3 is 10.6 Å². The first-order valence-electron chi connectivity index (χ1n) is 6.59. The van der Waals surface area contributed by atoms with Gasteiger partial charge in [-0.1, -0.05) is 33.1 Å². The second kappa shape index (κ2) is 4.27. The molecule has 1 heterocycles. The summed E-state index contributed by atoms with van der Waals surface area (Å²) in [6.07, 6.45) is 5.50. The summed E-state index contributed by atoms with van der Waals surface area (Å²) < 4.78 is 0. The van der Waals surface area contributed by atoms with Crippen molar-refractivity contribution in [1.29, 1.82) is 0 Å². The molecule has 1 aliphatic carbocycles. The molecule has 16 heavy (non-hydrogen) atoms. The minimum Gasteiger partial charge on any atom is -0.370 e. The van der Waals surface area contributed by atoms with Crippen molar-refractivity contribution in [3.63, 3.8) is 0 Å². The largest absolute Gasteiger partial charge is 0.370 e. The molecule has 1 unspecified atom stereocenters. The zero-order valence-electron chi connectivity index (χ0n) is 10.9. The van der Waals surface area contributed by atoms with Crippen molar-refractivity contribution >= 4 is 5.96 Å². The highest BCUT2D eigenvalue weighted by molar-refractivity contribution is 5.80. The van der Waals surface area contributed by atoms with Crippen molar-refractivity contribution in [1.82, 2.24) is 4.90 Å². The van der Waals surface area contributed by atoms with E-state index in [0.29, 0.717) is 5.92 Å². The van der Waals surface area contributed by atoms with Crippen molar-refractivity contribution in [2.75, 3.05) is 13.1 Å². The fourth-order valence-corrected chi connectivity index (χ4v) is 2.87. The van der Waals surface area contributed by atoms with E-state index in [9.17, 15) is 0 Å². The van der Waals surface area contributed by atoms with E-state index >= 15 is 0 Å². The predicted molar refractivity (Wildman–Crippen MR) is 68.4 cm³/mol. The van der Waals surface area contributed by atoms with Crippen LogP contribution in [0.2, 0.25) is 0 Å². The summed E-state index contributed by atoms with van der Waals surface area (Å²) in [6, 6.07) is 0. The second-order valence-electron chi connectivity index (χ2n) is 6.18. The molecule has 0 aromatic carbocycles. The lowest BCUT2D eigenvalue weighted by Crippen LogP contribution is -2.52. The van der Waals surface area contributed by atoms with E-state index in [0.717, 1.165) is 25.0 Å². The summed E-state index contributed by atoms with van der Waals surface area (Å²) in [7, 11) is 0. The van der Waals surface area contributed by atoms with Crippen LogP contribution in [-0.2, 0) is 0 Å². The van der Waals surface area contributed by atoms with Gasteiger partial charge in [0.05, 0.1) is 12.1 Å². The molecule has 0 aromatic heterocycles. The molecule has 3 heteroatoms. The van der Waals surface area contributed by atoms with E-state index in [1.807, 2.05) is 0 Å². The molecule has 2 aliphatic rings. The van der Waals surface area contributed by atoms with Gasteiger partial charge in [-0.25, -0.2) is 0 Å². The van der Waals surface area contributed by atoms with Crippen LogP contribution in [0, 0.1) is 11.8 Å². The van der Waals surface area contributed by atoms with Crippen LogP contribution in [0.4, 0.5) is 0 Å². The second-order valence-corrected chi connectivity index (χ2v) is 6.18. The Morgan fingerprint density at radius 1 is 1.50 bits per heavy atom. The molecule has 0 spiro atoms. The number of guanidine groups is 1. The van der Waals surface area contributed by atoms with Gasteiger partial charge in [0.2, 0.25) is 0 Å². The van der Waals surface area contributed by atoms with Crippen LogP contribution in [-0.4, -0.2) is 29.5 Å². The maximum atomic E-state index is 6.01. The first kappa shape index (κ1) is 11.7. The minimum absolute atomic E-state index is 0.194. The molecule has 92 valence electrons. The molecule has 2 rings (SSSR count). The van der Waals surface area contributed by atoms with Gasteiger partial charge >= 0.3 is 0 Å². The van der Waals surface area contributed by atoms with Gasteiger partial charge in [0.25, 0.3) is 0 Å². The number of hydrogen-bond donors (Lipinski definition) is 1. The van der Waals surface area contributed by atoms with Gasteiger partial charge in [0.1, 0.15) is 0 Å². The Balaban J connectivity index is 2.01. The standard InChI is InChI=1S/C13H25N3/c1-10(2)8-16-12(14)15-9-13(16,3)7-11-5-4-6-11/h10-11H,4-9H2,1-3H3,(H2,14,15). The Bertz CT molecular complexity index is 281. The van der Waals surface area contributed by atoms with Gasteiger partial charge in [-0.15, -0.1) is 0 Å². The van der Waals surface area contributed by atoms with Crippen LogP contribution in [0.25, 0.3) is 0 Å². The summed E-state index contributed by atoms with van der Waals surface area (Å²) in [5.74, 6) is 2.32. The molecule has 3 nitrogen and oxygen atoms in total. The minimum atomic E-state index is 0.194. The van der Waals surface area contributed by atoms with Crippen LogP contribution >= 0.6 is 0 Å². The van der Waals surface area contributed by atoms with Gasteiger partial charge in [0.15, 0.2) is 5.96 Å². The van der Waals surface area contributed by atoms with Gasteiger partial charge in [-0.2, -0.15) is 0 Å². The number of aliphatic imine (C=N–C) groups is 1.